The number of carbonyl (C=O) groups is 2. The molecule has 2 heterocycles. The van der Waals surface area contributed by atoms with E-state index in [0.29, 0.717) is 35.5 Å². The van der Waals surface area contributed by atoms with Crippen molar-refractivity contribution in [1.29, 1.82) is 0 Å². The Morgan fingerprint density at radius 1 is 1.22 bits per heavy atom. The van der Waals surface area contributed by atoms with E-state index in [2.05, 4.69) is 15.5 Å². The molecule has 0 aromatic heterocycles. The highest BCUT2D eigenvalue weighted by Gasteiger charge is 2.35. The minimum absolute atomic E-state index is 0.0323. The lowest BCUT2D eigenvalue weighted by Gasteiger charge is -2.33. The van der Waals surface area contributed by atoms with E-state index in [1.165, 1.54) is 0 Å². The number of ketones is 1. The molecule has 2 N–H and O–H groups in total. The number of carbonyl (C=O) groups excluding carboxylic acids is 2. The average Bonchev–Trinajstić information content (AvgIpc) is 3.25. The van der Waals surface area contributed by atoms with Gasteiger partial charge in [-0.15, -0.1) is 0 Å². The van der Waals surface area contributed by atoms with Crippen LogP contribution >= 0.6 is 0 Å². The summed E-state index contributed by atoms with van der Waals surface area (Å²) >= 11 is 0. The SMILES string of the molecule is Cc1ccc2c(c1NC(=O)Cc1ccc(F)c(C(F)(F)F)c1)C(=O)CN([C@H]1CCNC1)C2. The zero-order valence-electron chi connectivity index (χ0n) is 17.5. The number of Topliss-reactive ketones (excluding diaryl/α,β-unsaturated/α-hetero) is 1. The minimum Gasteiger partial charge on any atom is -0.325 e. The quantitative estimate of drug-likeness (QED) is 0.699. The van der Waals surface area contributed by atoms with Crippen molar-refractivity contribution in [2.45, 2.75) is 38.5 Å². The van der Waals surface area contributed by atoms with Gasteiger partial charge in [0.05, 0.1) is 24.2 Å². The predicted molar refractivity (Wildman–Crippen MR) is 111 cm³/mol. The Hall–Kier alpha value is -2.78. The van der Waals surface area contributed by atoms with Crippen LogP contribution in [0, 0.1) is 12.7 Å². The smallest absolute Gasteiger partial charge is 0.325 e. The first kappa shape index (κ1) is 22.4. The molecule has 0 aliphatic carbocycles. The van der Waals surface area contributed by atoms with Crippen LogP contribution in [0.4, 0.5) is 23.2 Å². The molecule has 9 heteroatoms. The van der Waals surface area contributed by atoms with Crippen molar-refractivity contribution < 1.29 is 27.2 Å². The lowest BCUT2D eigenvalue weighted by molar-refractivity contribution is -0.140. The lowest BCUT2D eigenvalue weighted by Crippen LogP contribution is -2.43. The fourth-order valence-electron chi connectivity index (χ4n) is 4.38. The Bertz CT molecular complexity index is 1060. The Kier molecular flexibility index (Phi) is 6.05. The van der Waals surface area contributed by atoms with Gasteiger partial charge in [-0.25, -0.2) is 4.39 Å². The molecule has 1 fully saturated rings. The van der Waals surface area contributed by atoms with Gasteiger partial charge >= 0.3 is 6.18 Å². The highest BCUT2D eigenvalue weighted by atomic mass is 19.4. The summed E-state index contributed by atoms with van der Waals surface area (Å²) < 4.78 is 52.4. The molecule has 0 radical (unpaired) electrons. The number of fused-ring (bicyclic) bond motifs is 1. The van der Waals surface area contributed by atoms with Gasteiger partial charge in [0.15, 0.2) is 5.78 Å². The van der Waals surface area contributed by atoms with Gasteiger partial charge in [0.1, 0.15) is 5.82 Å². The van der Waals surface area contributed by atoms with Crippen LogP contribution in [-0.2, 0) is 23.9 Å². The number of amides is 1. The van der Waals surface area contributed by atoms with Gasteiger partial charge < -0.3 is 10.6 Å². The van der Waals surface area contributed by atoms with Crippen molar-refractivity contribution in [2.75, 3.05) is 25.0 Å². The molecule has 0 saturated carbocycles. The van der Waals surface area contributed by atoms with E-state index < -0.39 is 23.5 Å². The van der Waals surface area contributed by atoms with E-state index in [0.717, 1.165) is 31.1 Å². The van der Waals surface area contributed by atoms with Gasteiger partial charge in [0.2, 0.25) is 5.91 Å². The van der Waals surface area contributed by atoms with Gasteiger partial charge in [-0.05, 0) is 48.7 Å². The monoisotopic (exact) mass is 449 g/mol. The van der Waals surface area contributed by atoms with Crippen LogP contribution in [0.1, 0.15) is 39.0 Å². The second-order valence-electron chi connectivity index (χ2n) is 8.30. The summed E-state index contributed by atoms with van der Waals surface area (Å²) in [6.45, 7) is 4.34. The summed E-state index contributed by atoms with van der Waals surface area (Å²) in [6.07, 6.45) is -4.25. The first-order valence-corrected chi connectivity index (χ1v) is 10.4. The van der Waals surface area contributed by atoms with Gasteiger partial charge in [0, 0.05) is 24.7 Å². The number of alkyl halides is 3. The third-order valence-corrected chi connectivity index (χ3v) is 6.01. The number of aryl methyl sites for hydroxylation is 1. The van der Waals surface area contributed by atoms with Crippen LogP contribution in [-0.4, -0.2) is 42.3 Å². The molecule has 0 spiro atoms. The third-order valence-electron chi connectivity index (χ3n) is 6.01. The summed E-state index contributed by atoms with van der Waals surface area (Å²) in [5, 5.41) is 6.00. The number of halogens is 4. The van der Waals surface area contributed by atoms with E-state index in [-0.39, 0.29) is 30.4 Å². The zero-order chi connectivity index (χ0) is 23.0. The number of nitrogens with zero attached hydrogens (tertiary/aromatic N) is 1. The molecule has 2 aromatic carbocycles. The minimum atomic E-state index is -4.85. The second kappa shape index (κ2) is 8.63. The molecular formula is C23H23F4N3O2. The molecule has 32 heavy (non-hydrogen) atoms. The van der Waals surface area contributed by atoms with Crippen LogP contribution in [0.2, 0.25) is 0 Å². The zero-order valence-corrected chi connectivity index (χ0v) is 17.5. The Balaban J connectivity index is 1.55. The molecule has 2 aromatic rings. The summed E-state index contributed by atoms with van der Waals surface area (Å²) in [7, 11) is 0. The molecule has 1 amide bonds. The van der Waals surface area contributed by atoms with Crippen LogP contribution in [0.25, 0.3) is 0 Å². The molecule has 2 aliphatic rings. The first-order valence-electron chi connectivity index (χ1n) is 10.4. The summed E-state index contributed by atoms with van der Waals surface area (Å²) in [6, 6.07) is 6.47. The van der Waals surface area contributed by atoms with E-state index in [1.54, 1.807) is 6.92 Å². The second-order valence-corrected chi connectivity index (χ2v) is 8.30. The van der Waals surface area contributed by atoms with Crippen LogP contribution < -0.4 is 10.6 Å². The van der Waals surface area contributed by atoms with Gasteiger partial charge in [-0.1, -0.05) is 18.2 Å². The number of anilines is 1. The first-order chi connectivity index (χ1) is 15.1. The number of hydrogen-bond acceptors (Lipinski definition) is 4. The molecule has 2 aliphatic heterocycles. The van der Waals surface area contributed by atoms with E-state index in [4.69, 9.17) is 0 Å². The van der Waals surface area contributed by atoms with Crippen molar-refractivity contribution in [1.82, 2.24) is 10.2 Å². The highest BCUT2D eigenvalue weighted by molar-refractivity contribution is 6.08. The molecule has 170 valence electrons. The summed E-state index contributed by atoms with van der Waals surface area (Å²) in [4.78, 5) is 27.7. The van der Waals surface area contributed by atoms with Crippen LogP contribution in [0.15, 0.2) is 30.3 Å². The van der Waals surface area contributed by atoms with E-state index in [9.17, 15) is 27.2 Å². The maximum Gasteiger partial charge on any atom is 0.419 e. The van der Waals surface area contributed by atoms with E-state index >= 15 is 0 Å². The maximum atomic E-state index is 13.5. The maximum absolute atomic E-state index is 13.5. The molecule has 0 bridgehead atoms. The van der Waals surface area contributed by atoms with Crippen molar-refractivity contribution in [3.05, 3.63) is 64.0 Å². The van der Waals surface area contributed by atoms with Crippen LogP contribution in [0.3, 0.4) is 0 Å². The van der Waals surface area contributed by atoms with E-state index in [1.807, 2.05) is 12.1 Å². The van der Waals surface area contributed by atoms with Crippen molar-refractivity contribution in [2.24, 2.45) is 0 Å². The average molecular weight is 449 g/mol. The van der Waals surface area contributed by atoms with Gasteiger partial charge in [-0.3, -0.25) is 14.5 Å². The number of rotatable bonds is 4. The molecular weight excluding hydrogens is 426 g/mol. The fraction of sp³-hybridized carbons (Fsp3) is 0.391. The Morgan fingerprint density at radius 2 is 2.00 bits per heavy atom. The number of nitrogens with one attached hydrogen (secondary N) is 2. The standard InChI is InChI=1S/C23H23F4N3O2/c1-13-2-4-15-11-30(16-6-7-28-10-16)12-19(31)21(15)22(13)29-20(32)9-14-3-5-18(24)17(8-14)23(25,26)27/h2-5,8,16,28H,6-7,9-12H2,1H3,(H,29,32)/t16-/m0/s1. The van der Waals surface area contributed by atoms with Crippen molar-refractivity contribution >= 4 is 17.4 Å². The molecule has 1 atom stereocenters. The van der Waals surface area contributed by atoms with Crippen LogP contribution in [0.5, 0.6) is 0 Å². The topological polar surface area (TPSA) is 61.4 Å². The largest absolute Gasteiger partial charge is 0.419 e. The molecule has 4 rings (SSSR count). The molecule has 5 nitrogen and oxygen atoms in total. The fourth-order valence-corrected chi connectivity index (χ4v) is 4.38. The van der Waals surface area contributed by atoms with Gasteiger partial charge in [0.25, 0.3) is 0 Å². The Morgan fingerprint density at radius 3 is 2.69 bits per heavy atom. The Labute approximate surface area is 182 Å². The normalized spacial score (nSPS) is 19.2. The summed E-state index contributed by atoms with van der Waals surface area (Å²) in [5.41, 5.74) is 0.972. The highest BCUT2D eigenvalue weighted by Crippen LogP contribution is 2.33. The summed E-state index contributed by atoms with van der Waals surface area (Å²) in [5.74, 6) is -2.06. The number of benzene rings is 2. The lowest BCUT2D eigenvalue weighted by atomic mass is 9.92. The molecule has 0 unspecified atom stereocenters. The van der Waals surface area contributed by atoms with Crippen molar-refractivity contribution in [3.63, 3.8) is 0 Å². The van der Waals surface area contributed by atoms with Crippen molar-refractivity contribution in [3.8, 4) is 0 Å². The van der Waals surface area contributed by atoms with Gasteiger partial charge in [-0.2, -0.15) is 13.2 Å². The number of hydrogen-bond donors (Lipinski definition) is 2. The third kappa shape index (κ3) is 4.54. The predicted octanol–water partition coefficient (Wildman–Crippen LogP) is 3.69. The molecule has 1 saturated heterocycles.